The molecule has 0 spiro atoms. The number of nitrogens with one attached hydrogen (secondary N) is 1. The summed E-state index contributed by atoms with van der Waals surface area (Å²) < 4.78 is 0.770. The zero-order chi connectivity index (χ0) is 12.7. The summed E-state index contributed by atoms with van der Waals surface area (Å²) in [5.41, 5.74) is 1.19. The predicted molar refractivity (Wildman–Crippen MR) is 77.1 cm³/mol. The Balaban J connectivity index is 2.49. The molecule has 2 N–H and O–H groups in total. The molecule has 0 amide bonds. The van der Waals surface area contributed by atoms with Gasteiger partial charge in [0, 0.05) is 28.2 Å². The number of carboxylic acids is 1. The van der Waals surface area contributed by atoms with E-state index < -0.39 is 5.97 Å². The normalized spacial score (nSPS) is 9.94. The van der Waals surface area contributed by atoms with Crippen LogP contribution in [0.2, 0.25) is 0 Å². The van der Waals surface area contributed by atoms with Gasteiger partial charge in [-0.3, -0.25) is 0 Å². The van der Waals surface area contributed by atoms with Crippen molar-refractivity contribution in [2.45, 2.75) is 0 Å². The highest BCUT2D eigenvalue weighted by Gasteiger charge is 2.05. The molecule has 3 nitrogen and oxygen atoms in total. The van der Waals surface area contributed by atoms with E-state index in [-0.39, 0.29) is 5.56 Å². The lowest BCUT2D eigenvalue weighted by Gasteiger charge is -2.08. The van der Waals surface area contributed by atoms with Crippen LogP contribution in [0.4, 0.5) is 5.69 Å². The number of hydrogen-bond donors (Lipinski definition) is 2. The number of aromatic carboxylic acids is 1. The molecule has 0 bridgehead atoms. The fourth-order valence-corrected chi connectivity index (χ4v) is 2.31. The maximum Gasteiger partial charge on any atom is 0.335 e. The molecule has 1 rings (SSSR count). The van der Waals surface area contributed by atoms with Gasteiger partial charge in [0.15, 0.2) is 0 Å². The lowest BCUT2D eigenvalue weighted by Crippen LogP contribution is -2.05. The van der Waals surface area contributed by atoms with Crippen molar-refractivity contribution in [1.82, 2.24) is 0 Å². The quantitative estimate of drug-likeness (QED) is 0.597. The van der Waals surface area contributed by atoms with Crippen LogP contribution in [-0.4, -0.2) is 29.1 Å². The third kappa shape index (κ3) is 4.83. The summed E-state index contributed by atoms with van der Waals surface area (Å²) in [4.78, 5) is 10.7. The van der Waals surface area contributed by atoms with Gasteiger partial charge in [0.2, 0.25) is 0 Å². The van der Waals surface area contributed by atoms with Gasteiger partial charge in [-0.25, -0.2) is 4.79 Å². The number of hydrogen-bond acceptors (Lipinski definition) is 3. The average molecular weight is 316 g/mol. The Labute approximate surface area is 113 Å². The van der Waals surface area contributed by atoms with E-state index in [4.69, 9.17) is 5.11 Å². The Kier molecular flexibility index (Phi) is 6.15. The van der Waals surface area contributed by atoms with Crippen molar-refractivity contribution in [1.29, 1.82) is 0 Å². The summed E-state index contributed by atoms with van der Waals surface area (Å²) in [6, 6.07) is 4.96. The van der Waals surface area contributed by atoms with Crippen LogP contribution in [0.1, 0.15) is 10.4 Å². The van der Waals surface area contributed by atoms with Crippen LogP contribution in [0.5, 0.6) is 0 Å². The van der Waals surface area contributed by atoms with Crippen molar-refractivity contribution in [2.75, 3.05) is 23.4 Å². The van der Waals surface area contributed by atoms with Crippen LogP contribution in [0.25, 0.3) is 0 Å². The molecular weight excluding hydrogens is 302 g/mol. The molecule has 0 unspecified atom stereocenters. The highest BCUT2D eigenvalue weighted by atomic mass is 79.9. The first-order valence-electron chi connectivity index (χ1n) is 5.10. The Morgan fingerprint density at radius 2 is 2.35 bits per heavy atom. The molecule has 0 saturated heterocycles. The lowest BCUT2D eigenvalue weighted by atomic mass is 10.2. The molecule has 0 aliphatic rings. The Morgan fingerprint density at radius 3 is 2.94 bits per heavy atom. The van der Waals surface area contributed by atoms with Crippen molar-refractivity contribution in [3.8, 4) is 0 Å². The molecule has 0 aromatic heterocycles. The average Bonchev–Trinajstić information content (AvgIpc) is 2.30. The highest BCUT2D eigenvalue weighted by Crippen LogP contribution is 2.23. The predicted octanol–water partition coefficient (Wildman–Crippen LogP) is 3.48. The summed E-state index contributed by atoms with van der Waals surface area (Å²) in [6.07, 6.45) is 1.88. The van der Waals surface area contributed by atoms with Crippen molar-refractivity contribution >= 4 is 39.3 Å². The van der Waals surface area contributed by atoms with Gasteiger partial charge < -0.3 is 10.4 Å². The first-order valence-corrected chi connectivity index (χ1v) is 7.05. The third-order valence-corrected chi connectivity index (χ3v) is 3.63. The highest BCUT2D eigenvalue weighted by molar-refractivity contribution is 9.10. The first-order chi connectivity index (χ1) is 8.15. The maximum absolute atomic E-state index is 10.7. The van der Waals surface area contributed by atoms with E-state index in [9.17, 15) is 4.79 Å². The van der Waals surface area contributed by atoms with Gasteiger partial charge >= 0.3 is 5.97 Å². The fraction of sp³-hybridized carbons (Fsp3) is 0.250. The summed E-state index contributed by atoms with van der Waals surface area (Å²) in [5.74, 6) is 1.01. The van der Waals surface area contributed by atoms with Gasteiger partial charge in [0.1, 0.15) is 0 Å². The number of halogens is 1. The summed E-state index contributed by atoms with van der Waals surface area (Å²) in [6.45, 7) is 4.49. The minimum Gasteiger partial charge on any atom is -0.478 e. The second-order valence-electron chi connectivity index (χ2n) is 3.29. The third-order valence-electron chi connectivity index (χ3n) is 2.01. The standard InChI is InChI=1S/C12H14BrNO2S/c1-2-6-17-7-5-14-11-4-3-9(12(15)16)8-10(11)13/h2-4,8,14H,1,5-7H2,(H,15,16). The monoisotopic (exact) mass is 315 g/mol. The van der Waals surface area contributed by atoms with Crippen molar-refractivity contribution < 1.29 is 9.90 Å². The van der Waals surface area contributed by atoms with E-state index in [1.807, 2.05) is 6.08 Å². The van der Waals surface area contributed by atoms with Gasteiger partial charge in [-0.05, 0) is 34.1 Å². The Hall–Kier alpha value is -0.940. The van der Waals surface area contributed by atoms with Gasteiger partial charge in [0.05, 0.1) is 5.56 Å². The molecule has 0 aliphatic heterocycles. The molecule has 5 heteroatoms. The van der Waals surface area contributed by atoms with E-state index in [1.165, 1.54) is 0 Å². The molecule has 0 saturated carbocycles. The van der Waals surface area contributed by atoms with E-state index >= 15 is 0 Å². The topological polar surface area (TPSA) is 49.3 Å². The zero-order valence-electron chi connectivity index (χ0n) is 9.28. The van der Waals surface area contributed by atoms with E-state index in [2.05, 4.69) is 27.8 Å². The largest absolute Gasteiger partial charge is 0.478 e. The minimum absolute atomic E-state index is 0.281. The number of rotatable bonds is 7. The second kappa shape index (κ2) is 7.40. The van der Waals surface area contributed by atoms with E-state index in [1.54, 1.807) is 30.0 Å². The molecule has 1 aromatic rings. The van der Waals surface area contributed by atoms with Gasteiger partial charge in [-0.15, -0.1) is 6.58 Å². The molecule has 1 aromatic carbocycles. The number of anilines is 1. The Morgan fingerprint density at radius 1 is 1.59 bits per heavy atom. The van der Waals surface area contributed by atoms with Gasteiger partial charge in [0.25, 0.3) is 0 Å². The fourth-order valence-electron chi connectivity index (χ4n) is 1.22. The molecule has 92 valence electrons. The molecule has 0 aliphatic carbocycles. The van der Waals surface area contributed by atoms with E-state index in [0.717, 1.165) is 28.2 Å². The SMILES string of the molecule is C=CCSCCNc1ccc(C(=O)O)cc1Br. The number of carbonyl (C=O) groups is 1. The molecule has 17 heavy (non-hydrogen) atoms. The minimum atomic E-state index is -0.918. The molecule has 0 atom stereocenters. The summed E-state index contributed by atoms with van der Waals surface area (Å²) >= 11 is 5.15. The molecular formula is C12H14BrNO2S. The summed E-state index contributed by atoms with van der Waals surface area (Å²) in [7, 11) is 0. The first kappa shape index (κ1) is 14.1. The second-order valence-corrected chi connectivity index (χ2v) is 5.29. The lowest BCUT2D eigenvalue weighted by molar-refractivity contribution is 0.0697. The van der Waals surface area contributed by atoms with E-state index in [0.29, 0.717) is 0 Å². The van der Waals surface area contributed by atoms with Crippen molar-refractivity contribution in [3.05, 3.63) is 40.9 Å². The van der Waals surface area contributed by atoms with Crippen LogP contribution in [0.15, 0.2) is 35.3 Å². The number of carboxylic acid groups (broad SMARTS) is 1. The van der Waals surface area contributed by atoms with Crippen LogP contribution >= 0.6 is 27.7 Å². The van der Waals surface area contributed by atoms with Crippen molar-refractivity contribution in [3.63, 3.8) is 0 Å². The van der Waals surface area contributed by atoms with Crippen LogP contribution in [0.3, 0.4) is 0 Å². The zero-order valence-corrected chi connectivity index (χ0v) is 11.7. The smallest absolute Gasteiger partial charge is 0.335 e. The summed E-state index contributed by atoms with van der Waals surface area (Å²) in [5, 5.41) is 12.1. The number of thioether (sulfide) groups is 1. The Bertz CT molecular complexity index is 409. The molecule has 0 radical (unpaired) electrons. The maximum atomic E-state index is 10.7. The number of benzene rings is 1. The van der Waals surface area contributed by atoms with Crippen LogP contribution < -0.4 is 5.32 Å². The van der Waals surface area contributed by atoms with Gasteiger partial charge in [-0.2, -0.15) is 11.8 Å². The van der Waals surface area contributed by atoms with Crippen LogP contribution in [-0.2, 0) is 0 Å². The molecule has 0 fully saturated rings. The van der Waals surface area contributed by atoms with Crippen LogP contribution in [0, 0.1) is 0 Å². The molecule has 0 heterocycles. The van der Waals surface area contributed by atoms with Crippen molar-refractivity contribution in [2.24, 2.45) is 0 Å². The van der Waals surface area contributed by atoms with Gasteiger partial charge in [-0.1, -0.05) is 6.08 Å².